The molecule has 8 nitrogen and oxygen atoms in total. The number of hydrogen-bond donors (Lipinski definition) is 1. The van der Waals surface area contributed by atoms with E-state index >= 15 is 0 Å². The number of anilines is 1. The molecule has 1 N–H and O–H groups in total. The van der Waals surface area contributed by atoms with Gasteiger partial charge in [-0.25, -0.2) is 0 Å². The van der Waals surface area contributed by atoms with Crippen LogP contribution in [0.15, 0.2) is 18.2 Å². The Balaban J connectivity index is 1.50. The minimum atomic E-state index is -3.52. The summed E-state index contributed by atoms with van der Waals surface area (Å²) < 4.78 is 34.5. The number of carbonyl (C=O) groups excluding carboxylic acids is 1. The van der Waals surface area contributed by atoms with Gasteiger partial charge in [0.2, 0.25) is 5.91 Å². The smallest absolute Gasteiger partial charge is 0.282 e. The first-order valence-corrected chi connectivity index (χ1v) is 11.6. The fraction of sp³-hybridized carbons (Fsp3) is 0.632. The van der Waals surface area contributed by atoms with Gasteiger partial charge >= 0.3 is 0 Å². The number of halogens is 1. The second-order valence-corrected chi connectivity index (χ2v) is 10.1. The van der Waals surface area contributed by atoms with Gasteiger partial charge in [0.15, 0.2) is 0 Å². The molecule has 2 saturated heterocycles. The van der Waals surface area contributed by atoms with Gasteiger partial charge in [-0.15, -0.1) is 0 Å². The van der Waals surface area contributed by atoms with Gasteiger partial charge in [0.25, 0.3) is 10.2 Å². The monoisotopic (exact) mass is 444 g/mol. The lowest BCUT2D eigenvalue weighted by Gasteiger charge is -2.40. The maximum atomic E-state index is 12.9. The van der Waals surface area contributed by atoms with Gasteiger partial charge < -0.3 is 10.1 Å². The van der Waals surface area contributed by atoms with Crippen molar-refractivity contribution in [1.29, 1.82) is 0 Å². The van der Waals surface area contributed by atoms with Crippen molar-refractivity contribution in [2.75, 3.05) is 51.1 Å². The topological polar surface area (TPSA) is 82.2 Å². The number of morpholine rings is 1. The maximum absolute atomic E-state index is 12.9. The van der Waals surface area contributed by atoms with Gasteiger partial charge in [-0.3, -0.25) is 9.69 Å². The molecule has 0 spiro atoms. The summed E-state index contributed by atoms with van der Waals surface area (Å²) in [5.74, 6) is -0.142. The van der Waals surface area contributed by atoms with Gasteiger partial charge in [0.05, 0.1) is 18.8 Å². The molecule has 0 radical (unpaired) electrons. The number of amides is 1. The van der Waals surface area contributed by atoms with E-state index in [1.54, 1.807) is 6.07 Å². The number of carbonyl (C=O) groups is 1. The van der Waals surface area contributed by atoms with E-state index < -0.39 is 10.2 Å². The predicted molar refractivity (Wildman–Crippen MR) is 113 cm³/mol. The SMILES string of the molecule is Cc1ccc(NC(=O)CN2CCN(S(=O)(=O)N3CC(C)OC(C)C3)CC2)cc1Cl. The van der Waals surface area contributed by atoms with Crippen molar-refractivity contribution in [3.8, 4) is 0 Å². The van der Waals surface area contributed by atoms with E-state index in [1.807, 2.05) is 37.8 Å². The average Bonchev–Trinajstić information content (AvgIpc) is 2.64. The normalized spacial score (nSPS) is 25.1. The van der Waals surface area contributed by atoms with E-state index in [0.29, 0.717) is 50.0 Å². The van der Waals surface area contributed by atoms with E-state index in [1.165, 1.54) is 8.61 Å². The third-order valence-electron chi connectivity index (χ3n) is 5.19. The zero-order chi connectivity index (χ0) is 21.2. The zero-order valence-electron chi connectivity index (χ0n) is 17.1. The van der Waals surface area contributed by atoms with Crippen LogP contribution in [0.3, 0.4) is 0 Å². The molecule has 162 valence electrons. The Morgan fingerprint density at radius 2 is 1.76 bits per heavy atom. The minimum Gasteiger partial charge on any atom is -0.373 e. The fourth-order valence-electron chi connectivity index (χ4n) is 3.67. The van der Waals surface area contributed by atoms with Crippen LogP contribution in [0.2, 0.25) is 5.02 Å². The third-order valence-corrected chi connectivity index (χ3v) is 7.57. The zero-order valence-corrected chi connectivity index (χ0v) is 18.7. The van der Waals surface area contributed by atoms with Crippen LogP contribution in [0.1, 0.15) is 19.4 Å². The predicted octanol–water partition coefficient (Wildman–Crippen LogP) is 1.56. The Morgan fingerprint density at radius 1 is 1.14 bits per heavy atom. The molecule has 0 aromatic heterocycles. The van der Waals surface area contributed by atoms with Crippen LogP contribution in [0.4, 0.5) is 5.69 Å². The molecule has 2 aliphatic heterocycles. The van der Waals surface area contributed by atoms with E-state index in [9.17, 15) is 13.2 Å². The number of piperazine rings is 1. The highest BCUT2D eigenvalue weighted by molar-refractivity contribution is 7.86. The number of aryl methyl sites for hydroxylation is 1. The summed E-state index contributed by atoms with van der Waals surface area (Å²) in [6.07, 6.45) is -0.234. The summed E-state index contributed by atoms with van der Waals surface area (Å²) in [5.41, 5.74) is 1.61. The molecule has 1 aromatic carbocycles. The average molecular weight is 445 g/mol. The lowest BCUT2D eigenvalue weighted by Crippen LogP contribution is -2.57. The van der Waals surface area contributed by atoms with Crippen molar-refractivity contribution in [1.82, 2.24) is 13.5 Å². The Kier molecular flexibility index (Phi) is 7.19. The molecular formula is C19H29ClN4O4S. The van der Waals surface area contributed by atoms with Crippen molar-refractivity contribution in [3.05, 3.63) is 28.8 Å². The first-order chi connectivity index (χ1) is 13.6. The van der Waals surface area contributed by atoms with Crippen LogP contribution in [-0.4, -0.2) is 85.9 Å². The summed E-state index contributed by atoms with van der Waals surface area (Å²) in [6, 6.07) is 5.40. The van der Waals surface area contributed by atoms with Crippen LogP contribution in [0, 0.1) is 6.92 Å². The van der Waals surface area contributed by atoms with Crippen LogP contribution in [0.5, 0.6) is 0 Å². The number of benzene rings is 1. The summed E-state index contributed by atoms with van der Waals surface area (Å²) in [5, 5.41) is 3.45. The van der Waals surface area contributed by atoms with Crippen molar-refractivity contribution in [3.63, 3.8) is 0 Å². The van der Waals surface area contributed by atoms with Gasteiger partial charge in [-0.2, -0.15) is 17.0 Å². The van der Waals surface area contributed by atoms with Crippen LogP contribution >= 0.6 is 11.6 Å². The highest BCUT2D eigenvalue weighted by atomic mass is 35.5. The molecule has 0 bridgehead atoms. The molecule has 2 aliphatic rings. The highest BCUT2D eigenvalue weighted by Gasteiger charge is 2.36. The van der Waals surface area contributed by atoms with Gasteiger partial charge in [-0.05, 0) is 38.5 Å². The highest BCUT2D eigenvalue weighted by Crippen LogP contribution is 2.21. The molecule has 10 heteroatoms. The first kappa shape index (κ1) is 22.5. The van der Waals surface area contributed by atoms with E-state index in [4.69, 9.17) is 16.3 Å². The molecule has 0 aliphatic carbocycles. The van der Waals surface area contributed by atoms with Crippen LogP contribution < -0.4 is 5.32 Å². The van der Waals surface area contributed by atoms with E-state index in [2.05, 4.69) is 5.32 Å². The van der Waals surface area contributed by atoms with Crippen molar-refractivity contribution < 1.29 is 17.9 Å². The molecule has 29 heavy (non-hydrogen) atoms. The number of rotatable bonds is 5. The van der Waals surface area contributed by atoms with Crippen LogP contribution in [0.25, 0.3) is 0 Å². The molecular weight excluding hydrogens is 416 g/mol. The second kappa shape index (κ2) is 9.28. The van der Waals surface area contributed by atoms with Gasteiger partial charge in [0, 0.05) is 50.0 Å². The Hall–Kier alpha value is -1.23. The molecule has 1 aromatic rings. The van der Waals surface area contributed by atoms with E-state index in [-0.39, 0.29) is 24.7 Å². The quantitative estimate of drug-likeness (QED) is 0.745. The molecule has 1 amide bonds. The number of hydrogen-bond acceptors (Lipinski definition) is 5. The summed E-state index contributed by atoms with van der Waals surface area (Å²) in [6.45, 7) is 8.38. The number of nitrogens with zero attached hydrogens (tertiary/aromatic N) is 3. The van der Waals surface area contributed by atoms with Gasteiger partial charge in [-0.1, -0.05) is 17.7 Å². The summed E-state index contributed by atoms with van der Waals surface area (Å²) in [4.78, 5) is 14.3. The molecule has 2 atom stereocenters. The standard InChI is InChI=1S/C19H29ClN4O4S/c1-14-4-5-17(10-18(14)20)21-19(25)13-22-6-8-23(9-7-22)29(26,27)24-11-15(2)28-16(3)12-24/h4-5,10,15-16H,6-9,11-13H2,1-3H3,(H,21,25). The van der Waals surface area contributed by atoms with E-state index in [0.717, 1.165) is 5.56 Å². The third kappa shape index (κ3) is 5.68. The summed E-state index contributed by atoms with van der Waals surface area (Å²) >= 11 is 6.09. The molecule has 2 fully saturated rings. The maximum Gasteiger partial charge on any atom is 0.282 e. The Morgan fingerprint density at radius 3 is 2.34 bits per heavy atom. The molecule has 0 saturated carbocycles. The number of nitrogens with one attached hydrogen (secondary N) is 1. The molecule has 2 heterocycles. The lowest BCUT2D eigenvalue weighted by atomic mass is 10.2. The minimum absolute atomic E-state index is 0.117. The Labute approximate surface area is 177 Å². The largest absolute Gasteiger partial charge is 0.373 e. The van der Waals surface area contributed by atoms with Crippen molar-refractivity contribution in [2.24, 2.45) is 0 Å². The Bertz CT molecular complexity index is 833. The lowest BCUT2D eigenvalue weighted by molar-refractivity contribution is -0.117. The number of ether oxygens (including phenoxy) is 1. The second-order valence-electron chi connectivity index (χ2n) is 7.77. The first-order valence-electron chi connectivity index (χ1n) is 9.84. The van der Waals surface area contributed by atoms with Crippen molar-refractivity contribution >= 4 is 33.4 Å². The summed E-state index contributed by atoms with van der Waals surface area (Å²) in [7, 11) is -3.52. The van der Waals surface area contributed by atoms with Gasteiger partial charge in [0.1, 0.15) is 0 Å². The molecule has 2 unspecified atom stereocenters. The van der Waals surface area contributed by atoms with Crippen molar-refractivity contribution in [2.45, 2.75) is 33.0 Å². The molecule has 3 rings (SSSR count). The van der Waals surface area contributed by atoms with Crippen LogP contribution in [-0.2, 0) is 19.7 Å². The fourth-order valence-corrected chi connectivity index (χ4v) is 5.60.